The number of carboxylic acid groups (broad SMARTS) is 1. The van der Waals surface area contributed by atoms with Gasteiger partial charge in [-0.05, 0) is 49.1 Å². The van der Waals surface area contributed by atoms with Crippen molar-refractivity contribution in [3.63, 3.8) is 0 Å². The third-order valence-corrected chi connectivity index (χ3v) is 2.83. The van der Waals surface area contributed by atoms with Crippen LogP contribution in [0.1, 0.15) is 36.5 Å². The summed E-state index contributed by atoms with van der Waals surface area (Å²) in [6.07, 6.45) is 2.12. The standard InChI is InChI=1S/C14H17FO2/c1-4-11(5-6-14(16)17)12-7-9(2)10(3)8-13(12)15/h5,7-8H,4,6H2,1-3H3,(H,16,17)/b11-5+. The molecule has 0 saturated carbocycles. The monoisotopic (exact) mass is 236 g/mol. The van der Waals surface area contributed by atoms with Gasteiger partial charge in [-0.25, -0.2) is 4.39 Å². The van der Waals surface area contributed by atoms with Gasteiger partial charge in [-0.2, -0.15) is 0 Å². The van der Waals surface area contributed by atoms with Crippen LogP contribution in [0.2, 0.25) is 0 Å². The Labute approximate surface area is 101 Å². The van der Waals surface area contributed by atoms with Crippen molar-refractivity contribution in [2.75, 3.05) is 0 Å². The molecule has 1 N–H and O–H groups in total. The normalized spacial score (nSPS) is 11.6. The molecule has 0 aliphatic heterocycles. The quantitative estimate of drug-likeness (QED) is 0.865. The minimum absolute atomic E-state index is 0.0739. The van der Waals surface area contributed by atoms with E-state index in [2.05, 4.69) is 0 Å². The zero-order valence-electron chi connectivity index (χ0n) is 10.4. The molecule has 3 heteroatoms. The van der Waals surface area contributed by atoms with Crippen molar-refractivity contribution in [1.82, 2.24) is 0 Å². The van der Waals surface area contributed by atoms with Gasteiger partial charge in [-0.15, -0.1) is 0 Å². The summed E-state index contributed by atoms with van der Waals surface area (Å²) in [6.45, 7) is 5.67. The van der Waals surface area contributed by atoms with E-state index in [0.717, 1.165) is 16.7 Å². The molecule has 0 radical (unpaired) electrons. The van der Waals surface area contributed by atoms with Crippen LogP contribution in [-0.4, -0.2) is 11.1 Å². The van der Waals surface area contributed by atoms with Gasteiger partial charge in [0.2, 0.25) is 0 Å². The Morgan fingerprint density at radius 2 is 1.94 bits per heavy atom. The molecule has 92 valence electrons. The zero-order chi connectivity index (χ0) is 13.0. The number of benzene rings is 1. The van der Waals surface area contributed by atoms with Gasteiger partial charge in [-0.1, -0.05) is 13.0 Å². The average molecular weight is 236 g/mol. The molecule has 0 aliphatic carbocycles. The van der Waals surface area contributed by atoms with E-state index >= 15 is 0 Å². The van der Waals surface area contributed by atoms with E-state index in [-0.39, 0.29) is 12.2 Å². The number of aryl methyl sites for hydroxylation is 2. The lowest BCUT2D eigenvalue weighted by Crippen LogP contribution is -1.96. The number of hydrogen-bond donors (Lipinski definition) is 1. The molecule has 0 bridgehead atoms. The molecule has 0 amide bonds. The lowest BCUT2D eigenvalue weighted by Gasteiger charge is -2.09. The molecule has 1 rings (SSSR count). The van der Waals surface area contributed by atoms with Crippen LogP contribution in [0.25, 0.3) is 5.57 Å². The van der Waals surface area contributed by atoms with Crippen LogP contribution in [0, 0.1) is 19.7 Å². The zero-order valence-corrected chi connectivity index (χ0v) is 10.4. The van der Waals surface area contributed by atoms with Crippen molar-refractivity contribution >= 4 is 11.5 Å². The summed E-state index contributed by atoms with van der Waals surface area (Å²) in [6, 6.07) is 3.27. The summed E-state index contributed by atoms with van der Waals surface area (Å²) >= 11 is 0. The van der Waals surface area contributed by atoms with E-state index in [0.29, 0.717) is 12.0 Å². The number of carbonyl (C=O) groups is 1. The third-order valence-electron chi connectivity index (χ3n) is 2.83. The van der Waals surface area contributed by atoms with Crippen molar-refractivity contribution in [2.24, 2.45) is 0 Å². The second kappa shape index (κ2) is 5.62. The fourth-order valence-corrected chi connectivity index (χ4v) is 1.68. The molecule has 0 saturated heterocycles. The minimum Gasteiger partial charge on any atom is -0.481 e. The predicted molar refractivity (Wildman–Crippen MR) is 66.4 cm³/mol. The van der Waals surface area contributed by atoms with E-state index in [1.807, 2.05) is 20.8 Å². The van der Waals surface area contributed by atoms with Gasteiger partial charge in [0.1, 0.15) is 5.82 Å². The van der Waals surface area contributed by atoms with Crippen molar-refractivity contribution in [2.45, 2.75) is 33.6 Å². The second-order valence-electron chi connectivity index (χ2n) is 4.10. The highest BCUT2D eigenvalue weighted by molar-refractivity contribution is 5.74. The molecule has 17 heavy (non-hydrogen) atoms. The SMILES string of the molecule is CC/C(=C\CC(=O)O)c1cc(C)c(C)cc1F. The molecular weight excluding hydrogens is 219 g/mol. The van der Waals surface area contributed by atoms with Gasteiger partial charge in [0, 0.05) is 5.56 Å². The Balaban J connectivity index is 3.16. The van der Waals surface area contributed by atoms with Gasteiger partial charge >= 0.3 is 5.97 Å². The lowest BCUT2D eigenvalue weighted by atomic mass is 9.97. The van der Waals surface area contributed by atoms with Crippen LogP contribution in [0.3, 0.4) is 0 Å². The molecular formula is C14H17FO2. The Kier molecular flexibility index (Phi) is 4.44. The number of aliphatic carboxylic acids is 1. The van der Waals surface area contributed by atoms with Crippen molar-refractivity contribution < 1.29 is 14.3 Å². The molecule has 2 nitrogen and oxygen atoms in total. The summed E-state index contributed by atoms with van der Waals surface area (Å²) in [7, 11) is 0. The lowest BCUT2D eigenvalue weighted by molar-refractivity contribution is -0.135. The molecule has 0 aliphatic rings. The van der Waals surface area contributed by atoms with Crippen molar-refractivity contribution in [3.05, 3.63) is 40.7 Å². The Morgan fingerprint density at radius 3 is 2.47 bits per heavy atom. The molecule has 0 aromatic heterocycles. The summed E-state index contributed by atoms with van der Waals surface area (Å²) in [5.74, 6) is -1.19. The van der Waals surface area contributed by atoms with Gasteiger partial charge < -0.3 is 5.11 Å². The fraction of sp³-hybridized carbons (Fsp3) is 0.357. The summed E-state index contributed by atoms with van der Waals surface area (Å²) in [4.78, 5) is 10.5. The number of allylic oxidation sites excluding steroid dienone is 1. The first-order valence-corrected chi connectivity index (χ1v) is 5.63. The van der Waals surface area contributed by atoms with Crippen LogP contribution < -0.4 is 0 Å². The maximum absolute atomic E-state index is 13.8. The Morgan fingerprint density at radius 1 is 1.35 bits per heavy atom. The van der Waals surface area contributed by atoms with E-state index in [4.69, 9.17) is 5.11 Å². The Bertz CT molecular complexity index is 462. The highest BCUT2D eigenvalue weighted by Crippen LogP contribution is 2.24. The number of halogens is 1. The van der Waals surface area contributed by atoms with Crippen LogP contribution >= 0.6 is 0 Å². The number of rotatable bonds is 4. The van der Waals surface area contributed by atoms with Gasteiger partial charge in [-0.3, -0.25) is 4.79 Å². The predicted octanol–water partition coefficient (Wildman–Crippen LogP) is 3.71. The average Bonchev–Trinajstić information content (AvgIpc) is 2.25. The van der Waals surface area contributed by atoms with E-state index in [9.17, 15) is 9.18 Å². The number of hydrogen-bond acceptors (Lipinski definition) is 1. The topological polar surface area (TPSA) is 37.3 Å². The molecule has 0 fully saturated rings. The van der Waals surface area contributed by atoms with Crippen LogP contribution in [0.4, 0.5) is 4.39 Å². The van der Waals surface area contributed by atoms with E-state index < -0.39 is 5.97 Å². The van der Waals surface area contributed by atoms with Crippen LogP contribution in [0.5, 0.6) is 0 Å². The first-order chi connectivity index (χ1) is 7.95. The summed E-state index contributed by atoms with van der Waals surface area (Å²) in [5.41, 5.74) is 3.17. The van der Waals surface area contributed by atoms with Gasteiger partial charge in [0.05, 0.1) is 6.42 Å². The highest BCUT2D eigenvalue weighted by atomic mass is 19.1. The maximum atomic E-state index is 13.8. The molecule has 1 aromatic carbocycles. The minimum atomic E-state index is -0.903. The largest absolute Gasteiger partial charge is 0.481 e. The maximum Gasteiger partial charge on any atom is 0.307 e. The van der Waals surface area contributed by atoms with Crippen LogP contribution in [0.15, 0.2) is 18.2 Å². The van der Waals surface area contributed by atoms with Crippen LogP contribution in [-0.2, 0) is 4.79 Å². The van der Waals surface area contributed by atoms with Crippen molar-refractivity contribution in [3.8, 4) is 0 Å². The molecule has 1 aromatic rings. The second-order valence-corrected chi connectivity index (χ2v) is 4.10. The third kappa shape index (κ3) is 3.41. The highest BCUT2D eigenvalue weighted by Gasteiger charge is 2.09. The molecule has 0 spiro atoms. The summed E-state index contributed by atoms with van der Waals surface area (Å²) < 4.78 is 13.8. The molecule has 0 atom stereocenters. The fourth-order valence-electron chi connectivity index (χ4n) is 1.68. The van der Waals surface area contributed by atoms with Gasteiger partial charge in [0.25, 0.3) is 0 Å². The van der Waals surface area contributed by atoms with Gasteiger partial charge in [0.15, 0.2) is 0 Å². The summed E-state index contributed by atoms with van der Waals surface area (Å²) in [5, 5.41) is 8.63. The molecule has 0 unspecified atom stereocenters. The smallest absolute Gasteiger partial charge is 0.307 e. The molecule has 0 heterocycles. The Hall–Kier alpha value is -1.64. The van der Waals surface area contributed by atoms with E-state index in [1.54, 1.807) is 12.1 Å². The first kappa shape index (κ1) is 13.4. The first-order valence-electron chi connectivity index (χ1n) is 5.63. The van der Waals surface area contributed by atoms with E-state index in [1.165, 1.54) is 6.07 Å². The van der Waals surface area contributed by atoms with Crippen molar-refractivity contribution in [1.29, 1.82) is 0 Å². The number of carboxylic acids is 1.